The van der Waals surface area contributed by atoms with Crippen LogP contribution in [-0.4, -0.2) is 54.6 Å². The van der Waals surface area contributed by atoms with E-state index in [0.717, 1.165) is 30.2 Å². The third kappa shape index (κ3) is 4.69. The minimum Gasteiger partial charge on any atom is -0.481 e. The molecule has 8 nitrogen and oxygen atoms in total. The van der Waals surface area contributed by atoms with Crippen molar-refractivity contribution in [3.05, 3.63) is 40.3 Å². The molecule has 2 saturated heterocycles. The fourth-order valence-corrected chi connectivity index (χ4v) is 8.28. The lowest BCUT2D eigenvalue weighted by Crippen LogP contribution is -2.58. The zero-order valence-electron chi connectivity index (χ0n) is 21.5. The van der Waals surface area contributed by atoms with E-state index in [0.29, 0.717) is 23.6 Å². The predicted octanol–water partition coefficient (Wildman–Crippen LogP) is 4.97. The molecule has 3 unspecified atom stereocenters. The van der Waals surface area contributed by atoms with Gasteiger partial charge in [0.2, 0.25) is 0 Å². The van der Waals surface area contributed by atoms with Crippen LogP contribution in [0.5, 0.6) is 0 Å². The van der Waals surface area contributed by atoms with Crippen molar-refractivity contribution in [2.24, 2.45) is 17.0 Å². The van der Waals surface area contributed by atoms with Crippen LogP contribution >= 0.6 is 0 Å². The maximum Gasteiger partial charge on any atom is 0.303 e. The van der Waals surface area contributed by atoms with Gasteiger partial charge < -0.3 is 14.9 Å². The van der Waals surface area contributed by atoms with Crippen molar-refractivity contribution in [3.63, 3.8) is 0 Å². The van der Waals surface area contributed by atoms with E-state index in [1.807, 2.05) is 28.8 Å². The molecule has 3 heterocycles. The molecule has 4 bridgehead atoms. The van der Waals surface area contributed by atoms with Crippen molar-refractivity contribution in [3.8, 4) is 0 Å². The topological polar surface area (TPSA) is 108 Å². The average Bonchev–Trinajstić information content (AvgIpc) is 2.88. The molecule has 2 aliphatic heterocycles. The Hall–Kier alpha value is -2.74. The number of oxime groups is 1. The van der Waals surface area contributed by atoms with Crippen LogP contribution in [0.1, 0.15) is 95.2 Å². The molecule has 6 rings (SSSR count). The number of fused-ring (bicyclic) bond motifs is 5. The zero-order chi connectivity index (χ0) is 25.5. The molecular formula is C29H38N4O4. The Balaban J connectivity index is 1.34. The number of hydrogen-bond acceptors (Lipinski definition) is 6. The highest BCUT2D eigenvalue weighted by Crippen LogP contribution is 2.47. The average molecular weight is 507 g/mol. The second-order valence-electron chi connectivity index (χ2n) is 11.9. The molecule has 0 spiro atoms. The van der Waals surface area contributed by atoms with Gasteiger partial charge in [0.25, 0.3) is 5.56 Å². The molecule has 198 valence electrons. The van der Waals surface area contributed by atoms with Crippen LogP contribution in [0.3, 0.4) is 0 Å². The first kappa shape index (κ1) is 24.6. The van der Waals surface area contributed by atoms with Crippen LogP contribution in [0.4, 0.5) is 0 Å². The van der Waals surface area contributed by atoms with E-state index in [9.17, 15) is 14.8 Å². The number of piperidine rings is 2. The van der Waals surface area contributed by atoms with Crippen LogP contribution < -0.4 is 5.56 Å². The number of nitrogens with zero attached hydrogens (tertiary/aromatic N) is 4. The van der Waals surface area contributed by atoms with Crippen LogP contribution in [0.15, 0.2) is 34.2 Å². The van der Waals surface area contributed by atoms with Crippen molar-refractivity contribution < 1.29 is 15.1 Å². The van der Waals surface area contributed by atoms with E-state index >= 15 is 0 Å². The van der Waals surface area contributed by atoms with Gasteiger partial charge in [-0.05, 0) is 68.9 Å². The molecule has 2 aromatic rings. The second-order valence-corrected chi connectivity index (χ2v) is 11.9. The molecule has 0 amide bonds. The summed E-state index contributed by atoms with van der Waals surface area (Å²) in [5.41, 5.74) is 1.30. The first-order valence-electron chi connectivity index (χ1n) is 14.2. The predicted molar refractivity (Wildman–Crippen MR) is 141 cm³/mol. The highest BCUT2D eigenvalue weighted by Gasteiger charge is 2.45. The maximum atomic E-state index is 13.9. The molecule has 4 fully saturated rings. The van der Waals surface area contributed by atoms with E-state index < -0.39 is 5.97 Å². The summed E-state index contributed by atoms with van der Waals surface area (Å²) in [4.78, 5) is 32.5. The fraction of sp³-hybridized carbons (Fsp3) is 0.655. The third-order valence-corrected chi connectivity index (χ3v) is 9.66. The Morgan fingerprint density at radius 1 is 0.892 bits per heavy atom. The van der Waals surface area contributed by atoms with Crippen LogP contribution in [-0.2, 0) is 4.79 Å². The Bertz CT molecular complexity index is 1230. The number of carboxylic acid groups (broad SMARTS) is 1. The van der Waals surface area contributed by atoms with Gasteiger partial charge in [-0.15, -0.1) is 0 Å². The highest BCUT2D eigenvalue weighted by molar-refractivity contribution is 6.00. The van der Waals surface area contributed by atoms with E-state index in [4.69, 9.17) is 5.11 Å². The number of aliphatic carboxylic acids is 1. The van der Waals surface area contributed by atoms with E-state index in [-0.39, 0.29) is 35.8 Å². The van der Waals surface area contributed by atoms with Gasteiger partial charge in [0, 0.05) is 30.6 Å². The summed E-state index contributed by atoms with van der Waals surface area (Å²) in [6.07, 6.45) is 13.6. The van der Waals surface area contributed by atoms with Crippen LogP contribution in [0, 0.1) is 11.8 Å². The Kier molecular flexibility index (Phi) is 6.78. The lowest BCUT2D eigenvalue weighted by atomic mass is 9.68. The Morgan fingerprint density at radius 2 is 1.57 bits per heavy atom. The zero-order valence-corrected chi connectivity index (χ0v) is 21.5. The van der Waals surface area contributed by atoms with Gasteiger partial charge in [0.1, 0.15) is 5.71 Å². The summed E-state index contributed by atoms with van der Waals surface area (Å²) < 4.78 is 1.89. The molecule has 8 heteroatoms. The molecule has 2 aliphatic carbocycles. The molecule has 4 aliphatic rings. The minimum atomic E-state index is -1.01. The quantitative estimate of drug-likeness (QED) is 0.325. The van der Waals surface area contributed by atoms with Gasteiger partial charge in [-0.1, -0.05) is 43.0 Å². The fourth-order valence-electron chi connectivity index (χ4n) is 8.28. The molecule has 1 aromatic heterocycles. The first-order valence-corrected chi connectivity index (χ1v) is 14.2. The largest absolute Gasteiger partial charge is 0.481 e. The first-order chi connectivity index (χ1) is 18.0. The van der Waals surface area contributed by atoms with Gasteiger partial charge in [0.05, 0.1) is 17.5 Å². The number of benzene rings is 1. The number of aromatic nitrogens is 2. The monoisotopic (exact) mass is 506 g/mol. The summed E-state index contributed by atoms with van der Waals surface area (Å²) in [6.45, 7) is 0. The number of carbonyl (C=O) groups is 1. The third-order valence-electron chi connectivity index (χ3n) is 9.66. The number of hydrogen-bond donors (Lipinski definition) is 2. The SMILES string of the molecule is O=C(O)CC/C(=N\O)c1nc2ccccc2n(C2C[C@H]3CCC[C@@H](C2)N3C2CC3CCCC(C3)C2)c1=O. The molecule has 2 N–H and O–H groups in total. The smallest absolute Gasteiger partial charge is 0.303 e. The van der Waals surface area contributed by atoms with Gasteiger partial charge in [-0.3, -0.25) is 14.5 Å². The lowest BCUT2D eigenvalue weighted by Gasteiger charge is -2.55. The summed E-state index contributed by atoms with van der Waals surface area (Å²) in [7, 11) is 0. The van der Waals surface area contributed by atoms with Gasteiger partial charge >= 0.3 is 5.97 Å². The molecule has 2 saturated carbocycles. The van der Waals surface area contributed by atoms with Crippen LogP contribution in [0.25, 0.3) is 11.0 Å². The highest BCUT2D eigenvalue weighted by atomic mass is 16.4. The second kappa shape index (κ2) is 10.2. The van der Waals surface area contributed by atoms with Gasteiger partial charge in [-0.2, -0.15) is 0 Å². The molecular weight excluding hydrogens is 468 g/mol. The van der Waals surface area contributed by atoms with Crippen LogP contribution in [0.2, 0.25) is 0 Å². The van der Waals surface area contributed by atoms with E-state index in [1.165, 1.54) is 57.8 Å². The lowest BCUT2D eigenvalue weighted by molar-refractivity contribution is -0.136. The normalized spacial score (nSPS) is 32.4. The maximum absolute atomic E-state index is 13.9. The minimum absolute atomic E-state index is 0.0401. The van der Waals surface area contributed by atoms with Gasteiger partial charge in [-0.25, -0.2) is 4.98 Å². The molecule has 1 aromatic carbocycles. The molecule has 0 radical (unpaired) electrons. The van der Waals surface area contributed by atoms with Crippen molar-refractivity contribution in [2.75, 3.05) is 0 Å². The van der Waals surface area contributed by atoms with E-state index in [2.05, 4.69) is 15.0 Å². The van der Waals surface area contributed by atoms with Crippen molar-refractivity contribution in [1.29, 1.82) is 0 Å². The van der Waals surface area contributed by atoms with Crippen molar-refractivity contribution in [2.45, 2.75) is 108 Å². The summed E-state index contributed by atoms with van der Waals surface area (Å²) in [5.74, 6) is 0.786. The molecule has 5 atom stereocenters. The standard InChI is InChI=1S/C29H38N4O4/c34-27(35)12-11-25(31-37)28-29(36)33(26-10-2-1-9-24(26)30-28)23-16-20-7-4-8-21(17-23)32(20)22-14-18-5-3-6-19(13-18)15-22/h1-2,9-10,18-23,37H,3-8,11-17H2,(H,34,35)/b31-25+/t18?,19?,20-,21+,22?,23?. The Morgan fingerprint density at radius 3 is 2.24 bits per heavy atom. The molecule has 37 heavy (non-hydrogen) atoms. The number of rotatable bonds is 6. The Labute approximate surface area is 217 Å². The van der Waals surface area contributed by atoms with Gasteiger partial charge in [0.15, 0.2) is 5.69 Å². The summed E-state index contributed by atoms with van der Waals surface area (Å²) in [6, 6.07) is 9.35. The van der Waals surface area contributed by atoms with Crippen molar-refractivity contribution >= 4 is 22.7 Å². The van der Waals surface area contributed by atoms with E-state index in [1.54, 1.807) is 0 Å². The number of para-hydroxylation sites is 2. The summed E-state index contributed by atoms with van der Waals surface area (Å²) in [5, 5.41) is 22.1. The number of carboxylic acids is 1. The van der Waals surface area contributed by atoms with Crippen molar-refractivity contribution in [1.82, 2.24) is 14.5 Å². The summed E-state index contributed by atoms with van der Waals surface area (Å²) >= 11 is 0.